The first kappa shape index (κ1) is 25.6. The van der Waals surface area contributed by atoms with Crippen molar-refractivity contribution in [3.63, 3.8) is 0 Å². The third-order valence-corrected chi connectivity index (χ3v) is 4.99. The molecule has 0 aliphatic carbocycles. The van der Waals surface area contributed by atoms with Crippen molar-refractivity contribution < 1.29 is 49.8 Å². The van der Waals surface area contributed by atoms with Crippen LogP contribution in [0.25, 0.3) is 10.9 Å². The van der Waals surface area contributed by atoms with Gasteiger partial charge in [0.05, 0.1) is 30.3 Å². The Morgan fingerprint density at radius 2 is 1.92 bits per heavy atom. The Bertz CT molecular complexity index is 1210. The van der Waals surface area contributed by atoms with Crippen LogP contribution < -0.4 is 10.1 Å². The number of carbonyl (C=O) groups excluding carboxylic acids is 1. The van der Waals surface area contributed by atoms with Gasteiger partial charge in [-0.05, 0) is 31.0 Å². The molecule has 1 aliphatic heterocycles. The maximum Gasteiger partial charge on any atom is 0.522 e. The molecule has 1 aromatic carbocycles. The van der Waals surface area contributed by atoms with Gasteiger partial charge >= 0.3 is 18.6 Å². The molecule has 0 saturated carbocycles. The number of aromatic nitrogens is 4. The Morgan fingerprint density at radius 1 is 1.11 bits per heavy atom. The fourth-order valence-electron chi connectivity index (χ4n) is 3.32. The van der Waals surface area contributed by atoms with Crippen LogP contribution >= 0.6 is 0 Å². The highest BCUT2D eigenvalue weighted by atomic mass is 19.4. The lowest BCUT2D eigenvalue weighted by Crippen LogP contribution is -2.41. The average molecular weight is 521 g/mol. The fourth-order valence-corrected chi connectivity index (χ4v) is 3.32. The van der Waals surface area contributed by atoms with Crippen LogP contribution in [-0.2, 0) is 15.7 Å². The first-order valence-electron chi connectivity index (χ1n) is 10.4. The zero-order chi connectivity index (χ0) is 25.9. The molecule has 1 N–H and O–H groups in total. The van der Waals surface area contributed by atoms with Gasteiger partial charge in [-0.2, -0.15) is 13.2 Å². The molecular formula is C20H17F6N5O5. The second kappa shape index (κ2) is 10.2. The number of carbonyl (C=O) groups is 1. The molecule has 4 rings (SSSR count). The summed E-state index contributed by atoms with van der Waals surface area (Å²) in [6, 6.07) is 2.52. The molecule has 16 heteroatoms. The van der Waals surface area contributed by atoms with Crippen molar-refractivity contribution in [2.45, 2.75) is 37.5 Å². The van der Waals surface area contributed by atoms with E-state index in [1.165, 1.54) is 0 Å². The predicted molar refractivity (Wildman–Crippen MR) is 106 cm³/mol. The maximum absolute atomic E-state index is 12.8. The predicted octanol–water partition coefficient (Wildman–Crippen LogP) is 3.60. The Labute approximate surface area is 198 Å². The van der Waals surface area contributed by atoms with Crippen molar-refractivity contribution in [3.8, 4) is 6.08 Å². The Kier molecular flexibility index (Phi) is 7.26. The third-order valence-electron chi connectivity index (χ3n) is 4.99. The van der Waals surface area contributed by atoms with Crippen LogP contribution in [-0.4, -0.2) is 58.3 Å². The summed E-state index contributed by atoms with van der Waals surface area (Å²) in [6.45, 7) is -1.14. The molecule has 0 spiro atoms. The molecule has 0 unspecified atom stereocenters. The summed E-state index contributed by atoms with van der Waals surface area (Å²) in [7, 11) is 0. The summed E-state index contributed by atoms with van der Waals surface area (Å²) in [5, 5.41) is 10.1. The number of alkyl halides is 6. The number of hydrogen-bond acceptors (Lipinski definition) is 9. The molecule has 1 amide bonds. The second-order valence-electron chi connectivity index (χ2n) is 7.58. The highest BCUT2D eigenvalue weighted by Crippen LogP contribution is 2.31. The monoisotopic (exact) mass is 521 g/mol. The lowest BCUT2D eigenvalue weighted by molar-refractivity contribution is -0.325. The van der Waals surface area contributed by atoms with E-state index in [0.29, 0.717) is 12.8 Å². The van der Waals surface area contributed by atoms with Gasteiger partial charge in [0.25, 0.3) is 5.91 Å². The summed E-state index contributed by atoms with van der Waals surface area (Å²) < 4.78 is 93.7. The summed E-state index contributed by atoms with van der Waals surface area (Å²) in [5.41, 5.74) is -0.664. The number of nitrogens with one attached hydrogen (secondary N) is 1. The van der Waals surface area contributed by atoms with E-state index in [-0.39, 0.29) is 35.3 Å². The minimum absolute atomic E-state index is 0.0580. The molecule has 3 aromatic rings. The number of ether oxygens (including phenoxy) is 3. The van der Waals surface area contributed by atoms with E-state index >= 15 is 0 Å². The largest absolute Gasteiger partial charge is 0.522 e. The van der Waals surface area contributed by atoms with Gasteiger partial charge in [0, 0.05) is 11.6 Å². The molecule has 36 heavy (non-hydrogen) atoms. The van der Waals surface area contributed by atoms with Gasteiger partial charge < -0.3 is 19.2 Å². The smallest absolute Gasteiger partial charge is 0.447 e. The van der Waals surface area contributed by atoms with Gasteiger partial charge in [0.1, 0.15) is 12.7 Å². The molecule has 194 valence electrons. The fraction of sp³-hybridized carbons (Fsp3) is 0.450. The maximum atomic E-state index is 12.8. The number of amides is 1. The topological polar surface area (TPSA) is 121 Å². The van der Waals surface area contributed by atoms with Crippen molar-refractivity contribution in [1.29, 1.82) is 0 Å². The van der Waals surface area contributed by atoms with Crippen molar-refractivity contribution >= 4 is 16.8 Å². The van der Waals surface area contributed by atoms with Crippen LogP contribution in [0, 0.1) is 0 Å². The molecule has 2 atom stereocenters. The number of rotatable bonds is 7. The number of halogens is 6. The Balaban J connectivity index is 1.27. The lowest BCUT2D eigenvalue weighted by atomic mass is 10.0. The average Bonchev–Trinajstić information content (AvgIpc) is 3.29. The van der Waals surface area contributed by atoms with E-state index in [1.54, 1.807) is 0 Å². The van der Waals surface area contributed by atoms with Crippen LogP contribution in [0.1, 0.15) is 41.0 Å². The first-order valence-corrected chi connectivity index (χ1v) is 10.4. The quantitative estimate of drug-likeness (QED) is 0.367. The molecule has 0 bridgehead atoms. The van der Waals surface area contributed by atoms with E-state index in [9.17, 15) is 31.1 Å². The molecule has 3 heterocycles. The Hall–Kier alpha value is -3.53. The summed E-state index contributed by atoms with van der Waals surface area (Å²) >= 11 is 0. The molecule has 0 radical (unpaired) electrons. The molecule has 10 nitrogen and oxygen atoms in total. The molecular weight excluding hydrogens is 504 g/mol. The molecule has 1 saturated heterocycles. The van der Waals surface area contributed by atoms with Gasteiger partial charge in [-0.1, -0.05) is 5.10 Å². The van der Waals surface area contributed by atoms with E-state index in [0.717, 1.165) is 24.4 Å². The highest BCUT2D eigenvalue weighted by Gasteiger charge is 2.32. The lowest BCUT2D eigenvalue weighted by Gasteiger charge is -2.27. The minimum atomic E-state index is -4.77. The van der Waals surface area contributed by atoms with Crippen LogP contribution in [0.2, 0.25) is 0 Å². The van der Waals surface area contributed by atoms with Gasteiger partial charge in [0.2, 0.25) is 11.7 Å². The normalized spacial score (nSPS) is 18.8. The summed E-state index contributed by atoms with van der Waals surface area (Å²) in [4.78, 5) is 20.4. The standard InChI is InChI=1S/C20H17F6N5O5/c21-19(22,23)11-1-3-13-10(7-11)8-27-15(29-13)16(32)28-12-2-4-14(34-9-12)17-30-31-18(36-17)33-5-6-35-20(24,25)26/h1,3,7-8,12,14H,2,4-6,9H2,(H,28,32)/t12-,14+/m1/s1. The van der Waals surface area contributed by atoms with Crippen LogP contribution in [0.15, 0.2) is 28.8 Å². The van der Waals surface area contributed by atoms with E-state index in [1.807, 2.05) is 0 Å². The van der Waals surface area contributed by atoms with Crippen molar-refractivity contribution in [3.05, 3.63) is 41.7 Å². The number of hydrogen-bond donors (Lipinski definition) is 1. The van der Waals surface area contributed by atoms with Gasteiger partial charge in [-0.15, -0.1) is 18.3 Å². The first-order chi connectivity index (χ1) is 17.0. The summed E-state index contributed by atoms with van der Waals surface area (Å²) in [5.74, 6) is -0.779. The highest BCUT2D eigenvalue weighted by molar-refractivity contribution is 5.92. The second-order valence-corrected chi connectivity index (χ2v) is 7.58. The van der Waals surface area contributed by atoms with Gasteiger partial charge in [0.15, 0.2) is 0 Å². The number of nitrogens with zero attached hydrogens (tertiary/aromatic N) is 4. The van der Waals surface area contributed by atoms with Crippen molar-refractivity contribution in [2.24, 2.45) is 0 Å². The van der Waals surface area contributed by atoms with Crippen LogP contribution in [0.3, 0.4) is 0 Å². The minimum Gasteiger partial charge on any atom is -0.447 e. The van der Waals surface area contributed by atoms with E-state index < -0.39 is 49.4 Å². The SMILES string of the molecule is O=C(N[C@@H]1CC[C@@H](c2nnc(OCCOC(F)(F)F)o2)OC1)c1ncc2cc(C(F)(F)F)ccc2n1. The van der Waals surface area contributed by atoms with Crippen molar-refractivity contribution in [2.75, 3.05) is 19.8 Å². The van der Waals surface area contributed by atoms with Gasteiger partial charge in [-0.3, -0.25) is 9.53 Å². The number of fused-ring (bicyclic) bond motifs is 1. The molecule has 1 fully saturated rings. The van der Waals surface area contributed by atoms with E-state index in [4.69, 9.17) is 13.9 Å². The van der Waals surface area contributed by atoms with E-state index in [2.05, 4.69) is 30.2 Å². The third kappa shape index (κ3) is 6.57. The molecule has 1 aliphatic rings. The zero-order valence-corrected chi connectivity index (χ0v) is 18.1. The van der Waals surface area contributed by atoms with Crippen molar-refractivity contribution in [1.82, 2.24) is 25.5 Å². The van der Waals surface area contributed by atoms with Gasteiger partial charge in [-0.25, -0.2) is 9.97 Å². The summed E-state index contributed by atoms with van der Waals surface area (Å²) in [6.07, 6.45) is -8.29. The Morgan fingerprint density at radius 3 is 2.61 bits per heavy atom. The molecule has 2 aromatic heterocycles. The van der Waals surface area contributed by atoms with Crippen LogP contribution in [0.5, 0.6) is 6.08 Å². The zero-order valence-electron chi connectivity index (χ0n) is 18.1. The van der Waals surface area contributed by atoms with Crippen LogP contribution in [0.4, 0.5) is 26.3 Å². The number of benzene rings is 1.